The van der Waals surface area contributed by atoms with E-state index in [0.717, 1.165) is 58.4 Å². The van der Waals surface area contributed by atoms with Crippen molar-refractivity contribution < 1.29 is 9.59 Å². The van der Waals surface area contributed by atoms with E-state index < -0.39 is 0 Å². The highest BCUT2D eigenvalue weighted by Gasteiger charge is 2.28. The zero-order valence-corrected chi connectivity index (χ0v) is 15.9. The summed E-state index contributed by atoms with van der Waals surface area (Å²) in [5.41, 5.74) is 2.67. The van der Waals surface area contributed by atoms with Crippen LogP contribution in [0.3, 0.4) is 0 Å². The molecule has 5 nitrogen and oxygen atoms in total. The van der Waals surface area contributed by atoms with Gasteiger partial charge in [0.15, 0.2) is 0 Å². The molecule has 3 aliphatic heterocycles. The van der Waals surface area contributed by atoms with Gasteiger partial charge in [0.25, 0.3) is 0 Å². The molecule has 0 aromatic heterocycles. The number of nitrogens with zero attached hydrogens (tertiary/aromatic N) is 2. The van der Waals surface area contributed by atoms with Gasteiger partial charge in [-0.15, -0.1) is 0 Å². The Kier molecular flexibility index (Phi) is 5.58. The Morgan fingerprint density at radius 2 is 1.81 bits per heavy atom. The lowest BCUT2D eigenvalue weighted by Gasteiger charge is -2.34. The Morgan fingerprint density at radius 3 is 2.56 bits per heavy atom. The van der Waals surface area contributed by atoms with Crippen molar-refractivity contribution in [1.82, 2.24) is 15.1 Å². The molecule has 144 valence electrons. The van der Waals surface area contributed by atoms with Crippen LogP contribution in [0.5, 0.6) is 0 Å². The van der Waals surface area contributed by atoms with Gasteiger partial charge in [0.2, 0.25) is 11.8 Å². The van der Waals surface area contributed by atoms with Crippen LogP contribution >= 0.6 is 0 Å². The average molecular weight is 367 g/mol. The molecule has 3 heterocycles. The number of carbonyl (C=O) groups excluding carboxylic acids is 2. The van der Waals surface area contributed by atoms with Crippen molar-refractivity contribution >= 4 is 11.8 Å². The van der Waals surface area contributed by atoms with Crippen molar-refractivity contribution in [1.29, 1.82) is 0 Å². The van der Waals surface area contributed by atoms with E-state index in [2.05, 4.69) is 29.6 Å². The first-order chi connectivity index (χ1) is 13.2. The van der Waals surface area contributed by atoms with E-state index in [4.69, 9.17) is 0 Å². The summed E-state index contributed by atoms with van der Waals surface area (Å²) in [4.78, 5) is 29.1. The van der Waals surface area contributed by atoms with Gasteiger partial charge in [-0.3, -0.25) is 14.9 Å². The molecule has 0 spiro atoms. The molecule has 1 N–H and O–H groups in total. The van der Waals surface area contributed by atoms with Crippen LogP contribution in [0, 0.1) is 5.92 Å². The second kappa shape index (κ2) is 8.26. The summed E-state index contributed by atoms with van der Waals surface area (Å²) in [5, 5.41) is 3.20. The van der Waals surface area contributed by atoms with Crippen LogP contribution in [0.25, 0.3) is 0 Å². The predicted molar refractivity (Wildman–Crippen MR) is 105 cm³/mol. The highest BCUT2D eigenvalue weighted by atomic mass is 16.2. The van der Waals surface area contributed by atoms with Crippen LogP contribution in [-0.2, 0) is 22.6 Å². The van der Waals surface area contributed by atoms with E-state index in [1.54, 1.807) is 0 Å². The molecular formula is C22H29N3O2. The molecule has 5 heteroatoms. The number of benzene rings is 1. The van der Waals surface area contributed by atoms with E-state index in [1.807, 2.05) is 22.0 Å². The Balaban J connectivity index is 1.20. The minimum absolute atomic E-state index is 0.134. The maximum absolute atomic E-state index is 12.6. The third-order valence-corrected chi connectivity index (χ3v) is 6.23. The smallest absolute Gasteiger partial charge is 0.243 e. The van der Waals surface area contributed by atoms with Crippen molar-refractivity contribution in [3.8, 4) is 0 Å². The second-order valence-corrected chi connectivity index (χ2v) is 7.96. The van der Waals surface area contributed by atoms with Gasteiger partial charge < -0.3 is 9.80 Å². The number of rotatable bonds is 4. The van der Waals surface area contributed by atoms with E-state index in [0.29, 0.717) is 12.3 Å². The molecule has 1 fully saturated rings. The Labute approximate surface area is 161 Å². The van der Waals surface area contributed by atoms with Gasteiger partial charge in [-0.1, -0.05) is 36.4 Å². The summed E-state index contributed by atoms with van der Waals surface area (Å²) >= 11 is 0. The lowest BCUT2D eigenvalue weighted by molar-refractivity contribution is -0.135. The van der Waals surface area contributed by atoms with E-state index in [1.165, 1.54) is 11.1 Å². The van der Waals surface area contributed by atoms with Crippen LogP contribution < -0.4 is 5.32 Å². The average Bonchev–Trinajstić information content (AvgIpc) is 3.26. The molecule has 0 radical (unpaired) electrons. The van der Waals surface area contributed by atoms with Gasteiger partial charge in [-0.25, -0.2) is 0 Å². The van der Waals surface area contributed by atoms with E-state index in [9.17, 15) is 9.59 Å². The molecule has 1 aromatic carbocycles. The van der Waals surface area contributed by atoms with E-state index >= 15 is 0 Å². The summed E-state index contributed by atoms with van der Waals surface area (Å²) < 4.78 is 0. The predicted octanol–water partition coefficient (Wildman–Crippen LogP) is 2.12. The largest absolute Gasteiger partial charge is 0.341 e. The highest BCUT2D eigenvalue weighted by molar-refractivity contribution is 5.84. The quantitative estimate of drug-likeness (QED) is 0.830. The zero-order chi connectivity index (χ0) is 18.6. The highest BCUT2D eigenvalue weighted by Crippen LogP contribution is 2.24. The summed E-state index contributed by atoms with van der Waals surface area (Å²) in [6.45, 7) is 4.02. The molecule has 0 aliphatic carbocycles. The van der Waals surface area contributed by atoms with Crippen molar-refractivity contribution in [3.63, 3.8) is 0 Å². The van der Waals surface area contributed by atoms with Gasteiger partial charge in [0.05, 0.1) is 0 Å². The first-order valence-corrected chi connectivity index (χ1v) is 10.2. The molecule has 0 bridgehead atoms. The van der Waals surface area contributed by atoms with Gasteiger partial charge in [-0.2, -0.15) is 0 Å². The van der Waals surface area contributed by atoms with Gasteiger partial charge in [-0.05, 0) is 42.7 Å². The summed E-state index contributed by atoms with van der Waals surface area (Å²) in [7, 11) is 0. The first-order valence-electron chi connectivity index (χ1n) is 10.2. The number of carbonyl (C=O) groups is 2. The second-order valence-electron chi connectivity index (χ2n) is 7.96. The Bertz CT molecular complexity index is 722. The molecule has 3 aliphatic rings. The summed E-state index contributed by atoms with van der Waals surface area (Å²) in [6.07, 6.45) is 8.54. The first kappa shape index (κ1) is 18.2. The van der Waals surface area contributed by atoms with Crippen LogP contribution in [0.15, 0.2) is 36.4 Å². The monoisotopic (exact) mass is 367 g/mol. The minimum Gasteiger partial charge on any atom is -0.341 e. The number of hydrogen-bond acceptors (Lipinski definition) is 3. The van der Waals surface area contributed by atoms with Crippen molar-refractivity contribution in [3.05, 3.63) is 47.5 Å². The number of nitrogens with one attached hydrogen (secondary N) is 1. The summed E-state index contributed by atoms with van der Waals surface area (Å²) in [5.74, 6) is 1.04. The van der Waals surface area contributed by atoms with Crippen LogP contribution in [0.4, 0.5) is 0 Å². The molecule has 2 amide bonds. The van der Waals surface area contributed by atoms with Gasteiger partial charge >= 0.3 is 0 Å². The number of likely N-dealkylation sites (tertiary alicyclic amines) is 1. The molecule has 0 saturated carbocycles. The molecule has 27 heavy (non-hydrogen) atoms. The maximum atomic E-state index is 12.6. The van der Waals surface area contributed by atoms with Crippen LogP contribution in [-0.4, -0.2) is 53.8 Å². The molecule has 1 saturated heterocycles. The van der Waals surface area contributed by atoms with Crippen LogP contribution in [0.2, 0.25) is 0 Å². The Hall–Kier alpha value is -2.14. The van der Waals surface area contributed by atoms with Crippen molar-refractivity contribution in [2.45, 2.75) is 44.7 Å². The third kappa shape index (κ3) is 4.24. The molecule has 1 aromatic rings. The van der Waals surface area contributed by atoms with Gasteiger partial charge in [0, 0.05) is 39.1 Å². The number of piperidine rings is 1. The summed E-state index contributed by atoms with van der Waals surface area (Å²) in [6, 6.07) is 8.30. The number of hydrogen-bond donors (Lipinski definition) is 1. The fraction of sp³-hybridized carbons (Fsp3) is 0.545. The Morgan fingerprint density at radius 1 is 1.04 bits per heavy atom. The van der Waals surface area contributed by atoms with Gasteiger partial charge in [0.1, 0.15) is 6.04 Å². The lowest BCUT2D eigenvalue weighted by Crippen LogP contribution is -2.47. The SMILES string of the molecule is O=C(CCC1CCN(C(=O)[C@H]2C=CCN2)CC1)N1CCc2ccccc2C1. The fourth-order valence-electron chi connectivity index (χ4n) is 4.47. The molecule has 0 unspecified atom stereocenters. The lowest BCUT2D eigenvalue weighted by atomic mass is 9.91. The van der Waals surface area contributed by atoms with Crippen molar-refractivity contribution in [2.75, 3.05) is 26.2 Å². The molecule has 4 rings (SSSR count). The zero-order valence-electron chi connectivity index (χ0n) is 15.9. The minimum atomic E-state index is -0.134. The normalized spacial score (nSPS) is 22.7. The van der Waals surface area contributed by atoms with Crippen molar-refractivity contribution in [2.24, 2.45) is 5.92 Å². The maximum Gasteiger partial charge on any atom is 0.243 e. The third-order valence-electron chi connectivity index (χ3n) is 6.23. The topological polar surface area (TPSA) is 52.7 Å². The molecule has 1 atom stereocenters. The molecular weight excluding hydrogens is 338 g/mol. The number of amides is 2. The standard InChI is InChI=1S/C22H29N3O2/c26-21(25-15-11-18-4-1-2-5-19(18)16-25)8-7-17-9-13-24(14-10-17)22(27)20-6-3-12-23-20/h1-6,17,20,23H,7-16H2/t20-/m1/s1. The van der Waals surface area contributed by atoms with E-state index in [-0.39, 0.29) is 17.9 Å². The fourth-order valence-corrected chi connectivity index (χ4v) is 4.47. The van der Waals surface area contributed by atoms with Crippen LogP contribution in [0.1, 0.15) is 36.8 Å². The number of fused-ring (bicyclic) bond motifs is 1.